The Labute approximate surface area is 143 Å². The molecule has 26 heavy (non-hydrogen) atoms. The van der Waals surface area contributed by atoms with E-state index in [0.29, 0.717) is 10.1 Å². The van der Waals surface area contributed by atoms with Gasteiger partial charge in [0.2, 0.25) is 0 Å². The van der Waals surface area contributed by atoms with Crippen molar-refractivity contribution in [3.05, 3.63) is 58.0 Å². The summed E-state index contributed by atoms with van der Waals surface area (Å²) in [6.07, 6.45) is -4.93. The minimum Gasteiger partial charge on any atom is -0.506 e. The van der Waals surface area contributed by atoms with E-state index in [2.05, 4.69) is 4.98 Å². The molecule has 6 nitrogen and oxygen atoms in total. The van der Waals surface area contributed by atoms with Crippen LogP contribution in [0.1, 0.15) is 16.1 Å². The summed E-state index contributed by atoms with van der Waals surface area (Å²) in [5.74, 6) is -2.77. The highest BCUT2D eigenvalue weighted by molar-refractivity contribution is 6.00. The van der Waals surface area contributed by atoms with E-state index in [0.717, 1.165) is 13.1 Å². The lowest BCUT2D eigenvalue weighted by atomic mass is 10.0. The number of rotatable bonds is 2. The molecule has 0 radical (unpaired) electrons. The van der Waals surface area contributed by atoms with Crippen molar-refractivity contribution in [2.75, 3.05) is 0 Å². The van der Waals surface area contributed by atoms with E-state index < -0.39 is 45.6 Å². The van der Waals surface area contributed by atoms with Gasteiger partial charge in [-0.05, 0) is 6.07 Å². The summed E-state index contributed by atoms with van der Waals surface area (Å²) >= 11 is 0. The molecule has 0 bridgehead atoms. The molecule has 2 heterocycles. The number of benzene rings is 1. The van der Waals surface area contributed by atoms with Crippen LogP contribution in [-0.4, -0.2) is 25.7 Å². The predicted molar refractivity (Wildman–Crippen MR) is 86.0 cm³/mol. The molecule has 1 aromatic carbocycles. The second kappa shape index (κ2) is 5.87. The van der Waals surface area contributed by atoms with Gasteiger partial charge in [-0.15, -0.1) is 0 Å². The Bertz CT molecular complexity index is 1090. The number of nitrogens with zero attached hydrogens (tertiary/aromatic N) is 2. The second-order valence-electron chi connectivity index (χ2n) is 5.51. The zero-order valence-electron chi connectivity index (χ0n) is 13.2. The zero-order chi connectivity index (χ0) is 19.2. The van der Waals surface area contributed by atoms with Gasteiger partial charge in [-0.25, -0.2) is 9.78 Å². The van der Waals surface area contributed by atoms with Crippen molar-refractivity contribution in [2.24, 2.45) is 7.05 Å². The maximum atomic E-state index is 13.5. The fourth-order valence-electron chi connectivity index (χ4n) is 2.71. The third-order valence-electron chi connectivity index (χ3n) is 3.89. The van der Waals surface area contributed by atoms with E-state index in [1.54, 1.807) is 18.2 Å². The topological polar surface area (TPSA) is 92.4 Å². The van der Waals surface area contributed by atoms with Gasteiger partial charge in [-0.3, -0.25) is 4.79 Å². The van der Waals surface area contributed by atoms with Crippen LogP contribution in [0, 0.1) is 0 Å². The van der Waals surface area contributed by atoms with Crippen LogP contribution >= 0.6 is 0 Å². The van der Waals surface area contributed by atoms with Crippen molar-refractivity contribution >= 4 is 16.9 Å². The Hall–Kier alpha value is -3.36. The van der Waals surface area contributed by atoms with Crippen LogP contribution in [0.3, 0.4) is 0 Å². The number of aromatic hydroxyl groups is 1. The normalized spacial score (nSPS) is 11.7. The predicted octanol–water partition coefficient (Wildman–Crippen LogP) is 3.02. The Balaban J connectivity index is 2.55. The maximum absolute atomic E-state index is 13.5. The van der Waals surface area contributed by atoms with Crippen LogP contribution in [0.2, 0.25) is 0 Å². The molecular weight excluding hydrogens is 353 g/mol. The van der Waals surface area contributed by atoms with E-state index in [1.165, 1.54) is 12.1 Å². The molecule has 0 amide bonds. The number of aryl methyl sites for hydroxylation is 1. The van der Waals surface area contributed by atoms with Gasteiger partial charge in [-0.1, -0.05) is 30.3 Å². The Kier molecular flexibility index (Phi) is 3.94. The fourth-order valence-corrected chi connectivity index (χ4v) is 2.71. The molecule has 3 aromatic rings. The van der Waals surface area contributed by atoms with Crippen molar-refractivity contribution in [1.82, 2.24) is 9.55 Å². The van der Waals surface area contributed by atoms with Crippen LogP contribution in [-0.2, 0) is 13.2 Å². The number of hydrogen-bond acceptors (Lipinski definition) is 4. The molecule has 0 aliphatic carbocycles. The van der Waals surface area contributed by atoms with Crippen molar-refractivity contribution in [2.45, 2.75) is 6.18 Å². The molecular formula is C17H11F3N2O4. The quantitative estimate of drug-likeness (QED) is 0.729. The first-order chi connectivity index (χ1) is 12.1. The standard InChI is InChI=1S/C17H11F3N2O4/c1-22-12-9(13(23)11(15(22)24)16(25)26)7-10(8-5-3-2-4-6-8)21-14(12)17(18,19)20/h2-7,23H,1H3,(H,25,26). The lowest BCUT2D eigenvalue weighted by Gasteiger charge is -2.16. The van der Waals surface area contributed by atoms with Crippen LogP contribution < -0.4 is 5.56 Å². The monoisotopic (exact) mass is 364 g/mol. The van der Waals surface area contributed by atoms with Gasteiger partial charge in [0.15, 0.2) is 11.3 Å². The van der Waals surface area contributed by atoms with Crippen LogP contribution in [0.5, 0.6) is 5.75 Å². The summed E-state index contributed by atoms with van der Waals surface area (Å²) in [5.41, 5.74) is -4.12. The van der Waals surface area contributed by atoms with E-state index in [4.69, 9.17) is 5.11 Å². The molecule has 0 fully saturated rings. The molecule has 2 aromatic heterocycles. The van der Waals surface area contributed by atoms with Crippen LogP contribution in [0.25, 0.3) is 22.2 Å². The minimum atomic E-state index is -4.93. The third-order valence-corrected chi connectivity index (χ3v) is 3.89. The van der Waals surface area contributed by atoms with Gasteiger partial charge in [-0.2, -0.15) is 13.2 Å². The molecule has 0 saturated carbocycles. The number of halogens is 3. The van der Waals surface area contributed by atoms with Gasteiger partial charge in [0.25, 0.3) is 5.56 Å². The highest BCUT2D eigenvalue weighted by atomic mass is 19.4. The van der Waals surface area contributed by atoms with Gasteiger partial charge in [0.05, 0.1) is 11.2 Å². The summed E-state index contributed by atoms with van der Waals surface area (Å²) < 4.78 is 41.2. The number of alkyl halides is 3. The lowest BCUT2D eigenvalue weighted by molar-refractivity contribution is -0.139. The largest absolute Gasteiger partial charge is 0.506 e. The maximum Gasteiger partial charge on any atom is 0.435 e. The Morgan fingerprint density at radius 3 is 2.35 bits per heavy atom. The minimum absolute atomic E-state index is 0.115. The highest BCUT2D eigenvalue weighted by Crippen LogP contribution is 2.38. The molecule has 0 spiro atoms. The molecule has 0 atom stereocenters. The van der Waals surface area contributed by atoms with Crippen LogP contribution in [0.15, 0.2) is 41.2 Å². The van der Waals surface area contributed by atoms with E-state index >= 15 is 0 Å². The average molecular weight is 364 g/mol. The zero-order valence-corrected chi connectivity index (χ0v) is 13.2. The smallest absolute Gasteiger partial charge is 0.435 e. The van der Waals surface area contributed by atoms with Gasteiger partial charge in [0, 0.05) is 18.0 Å². The van der Waals surface area contributed by atoms with E-state index in [9.17, 15) is 27.9 Å². The highest BCUT2D eigenvalue weighted by Gasteiger charge is 2.38. The molecule has 9 heteroatoms. The van der Waals surface area contributed by atoms with Crippen molar-refractivity contribution in [3.63, 3.8) is 0 Å². The lowest BCUT2D eigenvalue weighted by Crippen LogP contribution is -2.27. The number of aromatic carboxylic acids is 1. The van der Waals surface area contributed by atoms with Crippen molar-refractivity contribution < 1.29 is 28.2 Å². The number of carbonyl (C=O) groups is 1. The number of fused-ring (bicyclic) bond motifs is 1. The van der Waals surface area contributed by atoms with Crippen LogP contribution in [0.4, 0.5) is 13.2 Å². The first-order valence-electron chi connectivity index (χ1n) is 7.25. The number of aromatic nitrogens is 2. The first kappa shape index (κ1) is 17.5. The Morgan fingerprint density at radius 2 is 1.81 bits per heavy atom. The third kappa shape index (κ3) is 2.67. The Morgan fingerprint density at radius 1 is 1.19 bits per heavy atom. The van der Waals surface area contributed by atoms with Crippen molar-refractivity contribution in [1.29, 1.82) is 0 Å². The van der Waals surface area contributed by atoms with Gasteiger partial charge in [0.1, 0.15) is 5.75 Å². The summed E-state index contributed by atoms with van der Waals surface area (Å²) in [6, 6.07) is 9.02. The molecule has 0 unspecified atom stereocenters. The molecule has 3 rings (SSSR count). The molecule has 0 aliphatic rings. The number of pyridine rings is 2. The SMILES string of the molecule is Cn1c(=O)c(C(=O)O)c(O)c2cc(-c3ccccc3)nc(C(F)(F)F)c21. The van der Waals surface area contributed by atoms with Gasteiger partial charge < -0.3 is 14.8 Å². The van der Waals surface area contributed by atoms with Gasteiger partial charge >= 0.3 is 12.1 Å². The molecule has 0 aliphatic heterocycles. The van der Waals surface area contributed by atoms with Crippen molar-refractivity contribution in [3.8, 4) is 17.0 Å². The van der Waals surface area contributed by atoms with E-state index in [1.807, 2.05) is 0 Å². The summed E-state index contributed by atoms with van der Waals surface area (Å²) in [4.78, 5) is 27.0. The first-order valence-corrected chi connectivity index (χ1v) is 7.25. The molecule has 134 valence electrons. The average Bonchev–Trinajstić information content (AvgIpc) is 2.58. The number of hydrogen-bond donors (Lipinski definition) is 2. The summed E-state index contributed by atoms with van der Waals surface area (Å²) in [7, 11) is 0.996. The number of carboxylic acid groups (broad SMARTS) is 1. The summed E-state index contributed by atoms with van der Waals surface area (Å²) in [6.45, 7) is 0. The summed E-state index contributed by atoms with van der Waals surface area (Å²) in [5, 5.41) is 18.9. The molecule has 0 saturated heterocycles. The van der Waals surface area contributed by atoms with E-state index in [-0.39, 0.29) is 5.69 Å². The second-order valence-corrected chi connectivity index (χ2v) is 5.51. The number of carboxylic acids is 1. The molecule has 2 N–H and O–H groups in total. The fraction of sp³-hybridized carbons (Fsp3) is 0.118.